The molecule has 0 bridgehead atoms. The standard InChI is InChI=1S/C13H26N4O/c14-15-13(18)3-1-2-6-16-7-9-17(10-8-16)11-12-4-5-12/h12H,1-11,14H2,(H,15,18). The predicted octanol–water partition coefficient (Wildman–Crippen LogP) is 0.174. The minimum atomic E-state index is -0.0516. The fraction of sp³-hybridized carbons (Fsp3) is 0.923. The van der Waals surface area contributed by atoms with Crippen LogP contribution in [0.1, 0.15) is 32.1 Å². The molecule has 5 nitrogen and oxygen atoms in total. The molecule has 0 aromatic heterocycles. The molecule has 2 aliphatic rings. The van der Waals surface area contributed by atoms with Crippen LogP contribution in [0.3, 0.4) is 0 Å². The van der Waals surface area contributed by atoms with Gasteiger partial charge < -0.3 is 9.80 Å². The van der Waals surface area contributed by atoms with Crippen molar-refractivity contribution in [3.05, 3.63) is 0 Å². The summed E-state index contributed by atoms with van der Waals surface area (Å²) in [5.74, 6) is 6.00. The molecule has 0 unspecified atom stereocenters. The van der Waals surface area contributed by atoms with E-state index in [0.29, 0.717) is 6.42 Å². The van der Waals surface area contributed by atoms with Gasteiger partial charge in [-0.05, 0) is 38.1 Å². The lowest BCUT2D eigenvalue weighted by atomic mass is 10.2. The van der Waals surface area contributed by atoms with Crippen molar-refractivity contribution in [2.75, 3.05) is 39.3 Å². The topological polar surface area (TPSA) is 61.6 Å². The Morgan fingerprint density at radius 3 is 2.39 bits per heavy atom. The lowest BCUT2D eigenvalue weighted by Crippen LogP contribution is -2.47. The van der Waals surface area contributed by atoms with Gasteiger partial charge in [-0.15, -0.1) is 0 Å². The van der Waals surface area contributed by atoms with E-state index in [-0.39, 0.29) is 5.91 Å². The third-order valence-electron chi connectivity index (χ3n) is 3.97. The maximum atomic E-state index is 11.0. The van der Waals surface area contributed by atoms with Crippen LogP contribution in [0.5, 0.6) is 0 Å². The minimum Gasteiger partial charge on any atom is -0.301 e. The molecule has 1 heterocycles. The van der Waals surface area contributed by atoms with E-state index >= 15 is 0 Å². The molecule has 104 valence electrons. The van der Waals surface area contributed by atoms with Gasteiger partial charge in [0.25, 0.3) is 0 Å². The molecule has 1 amide bonds. The quantitative estimate of drug-likeness (QED) is 0.294. The summed E-state index contributed by atoms with van der Waals surface area (Å²) in [4.78, 5) is 16.1. The summed E-state index contributed by atoms with van der Waals surface area (Å²) >= 11 is 0. The zero-order chi connectivity index (χ0) is 12.8. The molecule has 0 radical (unpaired) electrons. The second-order valence-corrected chi connectivity index (χ2v) is 5.61. The molecule has 3 N–H and O–H groups in total. The summed E-state index contributed by atoms with van der Waals surface area (Å²) in [5.41, 5.74) is 2.17. The first kappa shape index (κ1) is 13.8. The smallest absolute Gasteiger partial charge is 0.233 e. The molecule has 0 spiro atoms. The van der Waals surface area contributed by atoms with Gasteiger partial charge in [0.15, 0.2) is 0 Å². The third kappa shape index (κ3) is 4.92. The van der Waals surface area contributed by atoms with Crippen molar-refractivity contribution in [3.8, 4) is 0 Å². The van der Waals surface area contributed by atoms with Crippen molar-refractivity contribution in [1.82, 2.24) is 15.2 Å². The van der Waals surface area contributed by atoms with E-state index in [2.05, 4.69) is 15.2 Å². The molecule has 2 rings (SSSR count). The average Bonchev–Trinajstić information content (AvgIpc) is 3.20. The monoisotopic (exact) mass is 254 g/mol. The maximum absolute atomic E-state index is 11.0. The normalized spacial score (nSPS) is 22.1. The first-order valence-corrected chi connectivity index (χ1v) is 7.22. The number of carbonyl (C=O) groups excluding carboxylic acids is 1. The van der Waals surface area contributed by atoms with Gasteiger partial charge in [0.05, 0.1) is 0 Å². The summed E-state index contributed by atoms with van der Waals surface area (Å²) in [6.07, 6.45) is 5.48. The number of nitrogens with two attached hydrogens (primary N) is 1. The van der Waals surface area contributed by atoms with E-state index in [0.717, 1.165) is 25.3 Å². The van der Waals surface area contributed by atoms with Crippen LogP contribution in [0.4, 0.5) is 0 Å². The Kier molecular flexibility index (Phi) is 5.41. The van der Waals surface area contributed by atoms with Crippen LogP contribution in [0.25, 0.3) is 0 Å². The molecule has 18 heavy (non-hydrogen) atoms. The number of piperazine rings is 1. The van der Waals surface area contributed by atoms with Gasteiger partial charge in [0.2, 0.25) is 5.91 Å². The summed E-state index contributed by atoms with van der Waals surface area (Å²) in [5, 5.41) is 0. The molecule has 1 saturated heterocycles. The van der Waals surface area contributed by atoms with Crippen molar-refractivity contribution in [2.45, 2.75) is 32.1 Å². The van der Waals surface area contributed by atoms with E-state index in [9.17, 15) is 4.79 Å². The van der Waals surface area contributed by atoms with E-state index in [4.69, 9.17) is 5.84 Å². The molecule has 1 aliphatic heterocycles. The molecular formula is C13H26N4O. The molecule has 1 saturated carbocycles. The molecule has 0 atom stereocenters. The molecule has 0 aromatic rings. The lowest BCUT2D eigenvalue weighted by Gasteiger charge is -2.34. The summed E-state index contributed by atoms with van der Waals surface area (Å²) in [6.45, 7) is 7.27. The fourth-order valence-electron chi connectivity index (χ4n) is 2.55. The van der Waals surface area contributed by atoms with Crippen molar-refractivity contribution < 1.29 is 4.79 Å². The van der Waals surface area contributed by atoms with Gasteiger partial charge in [0.1, 0.15) is 0 Å². The van der Waals surface area contributed by atoms with E-state index < -0.39 is 0 Å². The first-order valence-electron chi connectivity index (χ1n) is 7.22. The van der Waals surface area contributed by atoms with Crippen LogP contribution in [-0.4, -0.2) is 55.0 Å². The second kappa shape index (κ2) is 7.07. The van der Waals surface area contributed by atoms with E-state index in [1.807, 2.05) is 0 Å². The highest BCUT2D eigenvalue weighted by Crippen LogP contribution is 2.29. The highest BCUT2D eigenvalue weighted by Gasteiger charge is 2.26. The summed E-state index contributed by atoms with van der Waals surface area (Å²) in [6, 6.07) is 0. The predicted molar refractivity (Wildman–Crippen MR) is 71.8 cm³/mol. The van der Waals surface area contributed by atoms with Crippen LogP contribution < -0.4 is 11.3 Å². The van der Waals surface area contributed by atoms with Crippen molar-refractivity contribution in [3.63, 3.8) is 0 Å². The van der Waals surface area contributed by atoms with Crippen LogP contribution in [0.2, 0.25) is 0 Å². The van der Waals surface area contributed by atoms with Gasteiger partial charge in [-0.1, -0.05) is 0 Å². The first-order chi connectivity index (χ1) is 8.78. The molecule has 5 heteroatoms. The number of amides is 1. The number of carbonyl (C=O) groups is 1. The van der Waals surface area contributed by atoms with Crippen LogP contribution >= 0.6 is 0 Å². The Morgan fingerprint density at radius 1 is 1.11 bits per heavy atom. The third-order valence-corrected chi connectivity index (χ3v) is 3.97. The fourth-order valence-corrected chi connectivity index (χ4v) is 2.55. The van der Waals surface area contributed by atoms with Gasteiger partial charge >= 0.3 is 0 Å². The number of hydrogen-bond acceptors (Lipinski definition) is 4. The van der Waals surface area contributed by atoms with Crippen molar-refractivity contribution >= 4 is 5.91 Å². The number of rotatable bonds is 7. The number of hydrogen-bond donors (Lipinski definition) is 2. The Balaban J connectivity index is 1.49. The minimum absolute atomic E-state index is 0.0516. The number of nitrogens with zero attached hydrogens (tertiary/aromatic N) is 2. The Labute approximate surface area is 110 Å². The molecular weight excluding hydrogens is 228 g/mol. The average molecular weight is 254 g/mol. The van der Waals surface area contributed by atoms with Crippen LogP contribution in [0.15, 0.2) is 0 Å². The van der Waals surface area contributed by atoms with Crippen LogP contribution in [-0.2, 0) is 4.79 Å². The Morgan fingerprint density at radius 2 is 1.78 bits per heavy atom. The second-order valence-electron chi connectivity index (χ2n) is 5.61. The van der Waals surface area contributed by atoms with Gasteiger partial charge in [-0.2, -0.15) is 0 Å². The van der Waals surface area contributed by atoms with Gasteiger partial charge in [-0.3, -0.25) is 10.2 Å². The van der Waals surface area contributed by atoms with E-state index in [1.54, 1.807) is 0 Å². The van der Waals surface area contributed by atoms with Gasteiger partial charge in [0, 0.05) is 39.1 Å². The zero-order valence-electron chi connectivity index (χ0n) is 11.2. The van der Waals surface area contributed by atoms with Crippen molar-refractivity contribution in [1.29, 1.82) is 0 Å². The Bertz CT molecular complexity index is 260. The molecule has 0 aromatic carbocycles. The van der Waals surface area contributed by atoms with Gasteiger partial charge in [-0.25, -0.2) is 5.84 Å². The van der Waals surface area contributed by atoms with E-state index in [1.165, 1.54) is 45.6 Å². The largest absolute Gasteiger partial charge is 0.301 e. The maximum Gasteiger partial charge on any atom is 0.233 e. The lowest BCUT2D eigenvalue weighted by molar-refractivity contribution is -0.121. The van der Waals surface area contributed by atoms with Crippen LogP contribution in [0, 0.1) is 5.92 Å². The zero-order valence-corrected chi connectivity index (χ0v) is 11.2. The highest BCUT2D eigenvalue weighted by atomic mass is 16.2. The molecule has 1 aliphatic carbocycles. The highest BCUT2D eigenvalue weighted by molar-refractivity contribution is 5.75. The Hall–Kier alpha value is -0.650. The summed E-state index contributed by atoms with van der Waals surface area (Å²) in [7, 11) is 0. The SMILES string of the molecule is NNC(=O)CCCCN1CCN(CC2CC2)CC1. The number of hydrazine groups is 1. The molecule has 2 fully saturated rings. The number of nitrogens with one attached hydrogen (secondary N) is 1. The number of unbranched alkanes of at least 4 members (excludes halogenated alkanes) is 1. The summed E-state index contributed by atoms with van der Waals surface area (Å²) < 4.78 is 0. The van der Waals surface area contributed by atoms with Crippen molar-refractivity contribution in [2.24, 2.45) is 11.8 Å².